The van der Waals surface area contributed by atoms with Crippen molar-refractivity contribution in [2.24, 2.45) is 5.92 Å². The predicted octanol–water partition coefficient (Wildman–Crippen LogP) is 2.62. The molecule has 112 valence electrons. The van der Waals surface area contributed by atoms with E-state index in [1.807, 2.05) is 32.2 Å². The smallest absolute Gasteiger partial charge is 0.228 e. The fourth-order valence-corrected chi connectivity index (χ4v) is 2.65. The molecule has 1 atom stereocenters. The van der Waals surface area contributed by atoms with Crippen LogP contribution >= 0.6 is 0 Å². The Balaban J connectivity index is 1.75. The highest BCUT2D eigenvalue weighted by atomic mass is 16.1. The van der Waals surface area contributed by atoms with Crippen molar-refractivity contribution in [3.05, 3.63) is 24.0 Å². The number of aromatic amines is 1. The first kappa shape index (κ1) is 14.1. The number of nitrogens with one attached hydrogen (secondary N) is 3. The summed E-state index contributed by atoms with van der Waals surface area (Å²) < 4.78 is 0. The van der Waals surface area contributed by atoms with Crippen molar-refractivity contribution in [3.63, 3.8) is 0 Å². The molecule has 2 aromatic rings. The van der Waals surface area contributed by atoms with Crippen molar-refractivity contribution in [3.8, 4) is 0 Å². The van der Waals surface area contributed by atoms with Crippen molar-refractivity contribution >= 4 is 22.6 Å². The highest BCUT2D eigenvalue weighted by Gasteiger charge is 2.22. The number of carbonyl (C=O) groups is 1. The minimum absolute atomic E-state index is 0.0300. The lowest BCUT2D eigenvalue weighted by Gasteiger charge is -2.22. The van der Waals surface area contributed by atoms with Gasteiger partial charge in [0, 0.05) is 24.1 Å². The standard InChI is InChI=1S/C16H22N4O/c1-10(9-17-2)16(21)18-12-6-7-13-14(8-12)20-15(19-13)11-4-3-5-11/h6-8,10-11,17H,3-5,9H2,1-2H3,(H,18,21)(H,19,20). The lowest BCUT2D eigenvalue weighted by molar-refractivity contribution is -0.119. The van der Waals surface area contributed by atoms with E-state index in [9.17, 15) is 4.79 Å². The van der Waals surface area contributed by atoms with Gasteiger partial charge in [0.15, 0.2) is 0 Å². The van der Waals surface area contributed by atoms with Crippen molar-refractivity contribution in [2.75, 3.05) is 18.9 Å². The molecule has 21 heavy (non-hydrogen) atoms. The zero-order chi connectivity index (χ0) is 14.8. The molecular formula is C16H22N4O. The fraction of sp³-hybridized carbons (Fsp3) is 0.500. The molecule has 0 aliphatic heterocycles. The number of hydrogen-bond acceptors (Lipinski definition) is 3. The maximum Gasteiger partial charge on any atom is 0.228 e. The highest BCUT2D eigenvalue weighted by molar-refractivity contribution is 5.94. The zero-order valence-electron chi connectivity index (χ0n) is 12.6. The van der Waals surface area contributed by atoms with Gasteiger partial charge in [0.25, 0.3) is 0 Å². The summed E-state index contributed by atoms with van der Waals surface area (Å²) in [5.41, 5.74) is 2.79. The van der Waals surface area contributed by atoms with E-state index in [4.69, 9.17) is 0 Å². The Hall–Kier alpha value is -1.88. The minimum Gasteiger partial charge on any atom is -0.342 e. The number of carbonyl (C=O) groups excluding carboxylic acids is 1. The molecule has 0 bridgehead atoms. The van der Waals surface area contributed by atoms with Gasteiger partial charge < -0.3 is 15.6 Å². The Morgan fingerprint density at radius 3 is 2.95 bits per heavy atom. The average molecular weight is 286 g/mol. The third-order valence-electron chi connectivity index (χ3n) is 4.22. The fourth-order valence-electron chi connectivity index (χ4n) is 2.65. The third kappa shape index (κ3) is 2.93. The molecular weight excluding hydrogens is 264 g/mol. The van der Waals surface area contributed by atoms with Crippen LogP contribution in [0.15, 0.2) is 18.2 Å². The summed E-state index contributed by atoms with van der Waals surface area (Å²) in [4.78, 5) is 20.1. The van der Waals surface area contributed by atoms with Crippen molar-refractivity contribution in [1.29, 1.82) is 0 Å². The Kier molecular flexibility index (Phi) is 3.92. The van der Waals surface area contributed by atoms with E-state index in [0.717, 1.165) is 22.5 Å². The molecule has 0 radical (unpaired) electrons. The lowest BCUT2D eigenvalue weighted by atomic mass is 9.85. The predicted molar refractivity (Wildman–Crippen MR) is 84.4 cm³/mol. The van der Waals surface area contributed by atoms with Gasteiger partial charge in [-0.15, -0.1) is 0 Å². The number of hydrogen-bond donors (Lipinski definition) is 3. The monoisotopic (exact) mass is 286 g/mol. The Bertz CT molecular complexity index is 645. The van der Waals surface area contributed by atoms with Crippen LogP contribution in [0, 0.1) is 5.92 Å². The normalized spacial score (nSPS) is 16.7. The first-order chi connectivity index (χ1) is 10.2. The van der Waals surface area contributed by atoms with Crippen LogP contribution < -0.4 is 10.6 Å². The van der Waals surface area contributed by atoms with Gasteiger partial charge in [0.2, 0.25) is 5.91 Å². The molecule has 1 fully saturated rings. The summed E-state index contributed by atoms with van der Waals surface area (Å²) in [6.45, 7) is 2.58. The Morgan fingerprint density at radius 2 is 2.29 bits per heavy atom. The molecule has 1 aromatic carbocycles. The highest BCUT2D eigenvalue weighted by Crippen LogP contribution is 2.35. The van der Waals surface area contributed by atoms with Crippen LogP contribution in [-0.4, -0.2) is 29.5 Å². The van der Waals surface area contributed by atoms with E-state index in [0.29, 0.717) is 12.5 Å². The zero-order valence-corrected chi connectivity index (χ0v) is 12.6. The first-order valence-electron chi connectivity index (χ1n) is 7.62. The molecule has 3 rings (SSSR count). The van der Waals surface area contributed by atoms with Crippen molar-refractivity contribution in [1.82, 2.24) is 15.3 Å². The van der Waals surface area contributed by atoms with E-state index in [1.165, 1.54) is 19.3 Å². The van der Waals surface area contributed by atoms with Gasteiger partial charge in [-0.1, -0.05) is 13.3 Å². The van der Waals surface area contributed by atoms with Crippen LogP contribution in [0.2, 0.25) is 0 Å². The molecule has 1 saturated carbocycles. The number of benzene rings is 1. The second-order valence-electron chi connectivity index (χ2n) is 5.93. The molecule has 1 unspecified atom stereocenters. The number of fused-ring (bicyclic) bond motifs is 1. The molecule has 1 amide bonds. The summed E-state index contributed by atoms with van der Waals surface area (Å²) in [5, 5.41) is 5.97. The minimum atomic E-state index is -0.0574. The number of imidazole rings is 1. The summed E-state index contributed by atoms with van der Waals surface area (Å²) in [6.07, 6.45) is 3.75. The van der Waals surface area contributed by atoms with Crippen LogP contribution in [0.3, 0.4) is 0 Å². The topological polar surface area (TPSA) is 69.8 Å². The number of anilines is 1. The van der Waals surface area contributed by atoms with Gasteiger partial charge >= 0.3 is 0 Å². The molecule has 5 heteroatoms. The molecule has 1 heterocycles. The van der Waals surface area contributed by atoms with Gasteiger partial charge in [-0.3, -0.25) is 4.79 Å². The molecule has 5 nitrogen and oxygen atoms in total. The maximum absolute atomic E-state index is 12.0. The second kappa shape index (κ2) is 5.85. The maximum atomic E-state index is 12.0. The second-order valence-corrected chi connectivity index (χ2v) is 5.93. The number of H-pyrrole nitrogens is 1. The molecule has 1 aliphatic rings. The lowest BCUT2D eigenvalue weighted by Crippen LogP contribution is -2.28. The molecule has 1 aromatic heterocycles. The quantitative estimate of drug-likeness (QED) is 0.791. The van der Waals surface area contributed by atoms with Crippen LogP contribution in [0.1, 0.15) is 37.9 Å². The van der Waals surface area contributed by atoms with Gasteiger partial charge in [0.05, 0.1) is 11.0 Å². The Labute approximate surface area is 124 Å². The van der Waals surface area contributed by atoms with Gasteiger partial charge in [-0.2, -0.15) is 0 Å². The van der Waals surface area contributed by atoms with E-state index < -0.39 is 0 Å². The first-order valence-corrected chi connectivity index (χ1v) is 7.62. The van der Waals surface area contributed by atoms with Gasteiger partial charge in [-0.25, -0.2) is 4.98 Å². The molecule has 0 saturated heterocycles. The Morgan fingerprint density at radius 1 is 1.48 bits per heavy atom. The van der Waals surface area contributed by atoms with Gasteiger partial charge in [0.1, 0.15) is 5.82 Å². The third-order valence-corrected chi connectivity index (χ3v) is 4.22. The van der Waals surface area contributed by atoms with E-state index in [-0.39, 0.29) is 11.8 Å². The van der Waals surface area contributed by atoms with Crippen molar-refractivity contribution < 1.29 is 4.79 Å². The van der Waals surface area contributed by atoms with Crippen LogP contribution in [0.25, 0.3) is 11.0 Å². The molecule has 0 spiro atoms. The van der Waals surface area contributed by atoms with E-state index in [2.05, 4.69) is 20.6 Å². The van der Waals surface area contributed by atoms with Crippen molar-refractivity contribution in [2.45, 2.75) is 32.1 Å². The summed E-state index contributed by atoms with van der Waals surface area (Å²) in [7, 11) is 1.85. The van der Waals surface area contributed by atoms with Gasteiger partial charge in [-0.05, 0) is 38.1 Å². The molecule has 1 aliphatic carbocycles. The summed E-state index contributed by atoms with van der Waals surface area (Å²) >= 11 is 0. The number of aromatic nitrogens is 2. The largest absolute Gasteiger partial charge is 0.342 e. The number of nitrogens with zero attached hydrogens (tertiary/aromatic N) is 1. The molecule has 3 N–H and O–H groups in total. The average Bonchev–Trinajstić information content (AvgIpc) is 2.79. The number of amides is 1. The van der Waals surface area contributed by atoms with E-state index >= 15 is 0 Å². The van der Waals surface area contributed by atoms with Crippen LogP contribution in [-0.2, 0) is 4.79 Å². The summed E-state index contributed by atoms with van der Waals surface area (Å²) in [5.74, 6) is 1.65. The van der Waals surface area contributed by atoms with Crippen LogP contribution in [0.4, 0.5) is 5.69 Å². The summed E-state index contributed by atoms with van der Waals surface area (Å²) in [6, 6.07) is 5.85. The van der Waals surface area contributed by atoms with E-state index in [1.54, 1.807) is 0 Å². The van der Waals surface area contributed by atoms with Crippen LogP contribution in [0.5, 0.6) is 0 Å². The number of rotatable bonds is 5. The SMILES string of the molecule is CNCC(C)C(=O)Nc1ccc2nc(C3CCC3)[nH]c2c1.